The molecule has 102 valence electrons. The van der Waals surface area contributed by atoms with Crippen molar-refractivity contribution >= 4 is 22.5 Å². The number of nitrogens with one attached hydrogen (secondary N) is 2. The molecule has 1 heterocycles. The highest BCUT2D eigenvalue weighted by Gasteiger charge is 2.00. The minimum Gasteiger partial charge on any atom is -0.312 e. The third-order valence-electron chi connectivity index (χ3n) is 3.37. The topological polar surface area (TPSA) is 40.7 Å². The van der Waals surface area contributed by atoms with Gasteiger partial charge in [0.25, 0.3) is 0 Å². The molecule has 3 nitrogen and oxygen atoms in total. The van der Waals surface area contributed by atoms with Crippen LogP contribution in [0, 0.1) is 0 Å². The second kappa shape index (κ2) is 6.07. The summed E-state index contributed by atoms with van der Waals surface area (Å²) in [7, 11) is 0. The van der Waals surface area contributed by atoms with Gasteiger partial charge in [-0.15, -0.1) is 0 Å². The first kappa shape index (κ1) is 13.2. The van der Waals surface area contributed by atoms with Gasteiger partial charge < -0.3 is 5.32 Å². The average Bonchev–Trinajstić information content (AvgIpc) is 2.93. The van der Waals surface area contributed by atoms with E-state index in [-0.39, 0.29) is 0 Å². The van der Waals surface area contributed by atoms with Gasteiger partial charge in [0.1, 0.15) is 0 Å². The summed E-state index contributed by atoms with van der Waals surface area (Å²) in [6, 6.07) is 14.3. The number of hydrogen-bond donors (Lipinski definition) is 2. The fourth-order valence-electron chi connectivity index (χ4n) is 2.24. The van der Waals surface area contributed by atoms with E-state index in [2.05, 4.69) is 33.7 Å². The Morgan fingerprint density at radius 1 is 1.15 bits per heavy atom. The summed E-state index contributed by atoms with van der Waals surface area (Å²) in [5.41, 5.74) is 3.53. The number of fused-ring (bicyclic) bond motifs is 1. The molecular formula is C16H16ClN3. The van der Waals surface area contributed by atoms with Crippen molar-refractivity contribution < 1.29 is 0 Å². The number of H-pyrrole nitrogens is 1. The monoisotopic (exact) mass is 285 g/mol. The van der Waals surface area contributed by atoms with Crippen molar-refractivity contribution in [2.75, 3.05) is 6.54 Å². The Morgan fingerprint density at radius 2 is 2.05 bits per heavy atom. The van der Waals surface area contributed by atoms with Crippen LogP contribution >= 0.6 is 11.6 Å². The highest BCUT2D eigenvalue weighted by molar-refractivity contribution is 6.31. The maximum atomic E-state index is 6.12. The standard InChI is InChI=1S/C16H16ClN3/c17-15-4-2-1-3-13(15)10-18-8-7-12-5-6-14-11-19-20-16(14)9-12/h1-6,9,11,18H,7-8,10H2,(H,19,20). The van der Waals surface area contributed by atoms with Gasteiger partial charge in [-0.1, -0.05) is 41.9 Å². The molecule has 2 N–H and O–H groups in total. The number of benzene rings is 2. The molecular weight excluding hydrogens is 270 g/mol. The Hall–Kier alpha value is -1.84. The molecule has 20 heavy (non-hydrogen) atoms. The van der Waals surface area contributed by atoms with E-state index in [1.165, 1.54) is 5.56 Å². The highest BCUT2D eigenvalue weighted by Crippen LogP contribution is 2.15. The fourth-order valence-corrected chi connectivity index (χ4v) is 2.44. The molecule has 3 aromatic rings. The Kier molecular flexibility index (Phi) is 4.00. The highest BCUT2D eigenvalue weighted by atomic mass is 35.5. The van der Waals surface area contributed by atoms with Gasteiger partial charge in [-0.3, -0.25) is 5.10 Å². The lowest BCUT2D eigenvalue weighted by Crippen LogP contribution is -2.16. The van der Waals surface area contributed by atoms with Crippen molar-refractivity contribution in [2.24, 2.45) is 0 Å². The number of aromatic nitrogens is 2. The van der Waals surface area contributed by atoms with E-state index in [0.717, 1.165) is 41.0 Å². The van der Waals surface area contributed by atoms with Crippen LogP contribution in [0.4, 0.5) is 0 Å². The summed E-state index contributed by atoms with van der Waals surface area (Å²) < 4.78 is 0. The fraction of sp³-hybridized carbons (Fsp3) is 0.188. The first-order chi connectivity index (χ1) is 9.83. The minimum atomic E-state index is 0.798. The predicted octanol–water partition coefficient (Wildman–Crippen LogP) is 3.55. The molecule has 0 aliphatic rings. The van der Waals surface area contributed by atoms with Crippen LogP contribution in [0.5, 0.6) is 0 Å². The van der Waals surface area contributed by atoms with Crippen LogP contribution in [-0.4, -0.2) is 16.7 Å². The molecule has 3 rings (SSSR count). The first-order valence-electron chi connectivity index (χ1n) is 6.69. The van der Waals surface area contributed by atoms with Crippen LogP contribution in [0.1, 0.15) is 11.1 Å². The second-order valence-electron chi connectivity index (χ2n) is 4.81. The van der Waals surface area contributed by atoms with Gasteiger partial charge in [-0.05, 0) is 36.2 Å². The molecule has 1 aromatic heterocycles. The zero-order valence-electron chi connectivity index (χ0n) is 11.1. The largest absolute Gasteiger partial charge is 0.312 e. The van der Waals surface area contributed by atoms with E-state index >= 15 is 0 Å². The van der Waals surface area contributed by atoms with E-state index in [1.54, 1.807) is 0 Å². The molecule has 4 heteroatoms. The lowest BCUT2D eigenvalue weighted by molar-refractivity contribution is 0.687. The van der Waals surface area contributed by atoms with Gasteiger partial charge >= 0.3 is 0 Å². The van der Waals surface area contributed by atoms with E-state index < -0.39 is 0 Å². The number of nitrogens with zero attached hydrogens (tertiary/aromatic N) is 1. The Bertz CT molecular complexity index is 706. The molecule has 0 fully saturated rings. The number of aromatic amines is 1. The lowest BCUT2D eigenvalue weighted by Gasteiger charge is -2.06. The summed E-state index contributed by atoms with van der Waals surface area (Å²) in [6.45, 7) is 1.72. The summed E-state index contributed by atoms with van der Waals surface area (Å²) in [6.07, 6.45) is 2.83. The Labute approximate surface area is 123 Å². The molecule has 0 bridgehead atoms. The SMILES string of the molecule is Clc1ccccc1CNCCc1ccc2cn[nH]c2c1. The molecule has 0 saturated heterocycles. The first-order valence-corrected chi connectivity index (χ1v) is 7.07. The maximum Gasteiger partial charge on any atom is 0.0653 e. The molecule has 0 aliphatic carbocycles. The molecule has 0 spiro atoms. The van der Waals surface area contributed by atoms with E-state index in [4.69, 9.17) is 11.6 Å². The van der Waals surface area contributed by atoms with Crippen molar-refractivity contribution in [3.05, 3.63) is 64.8 Å². The summed E-state index contributed by atoms with van der Waals surface area (Å²) in [5, 5.41) is 12.4. The predicted molar refractivity (Wildman–Crippen MR) is 83.0 cm³/mol. The summed E-state index contributed by atoms with van der Waals surface area (Å²) in [5.74, 6) is 0. The third-order valence-corrected chi connectivity index (χ3v) is 3.74. The molecule has 0 amide bonds. The smallest absolute Gasteiger partial charge is 0.0653 e. The normalized spacial score (nSPS) is 11.1. The Balaban J connectivity index is 1.53. The minimum absolute atomic E-state index is 0.798. The van der Waals surface area contributed by atoms with Gasteiger partial charge in [-0.25, -0.2) is 0 Å². The van der Waals surface area contributed by atoms with Gasteiger partial charge in [-0.2, -0.15) is 5.10 Å². The van der Waals surface area contributed by atoms with Crippen molar-refractivity contribution in [1.82, 2.24) is 15.5 Å². The lowest BCUT2D eigenvalue weighted by atomic mass is 10.1. The maximum absolute atomic E-state index is 6.12. The zero-order valence-corrected chi connectivity index (χ0v) is 11.8. The van der Waals surface area contributed by atoms with Crippen LogP contribution in [0.3, 0.4) is 0 Å². The van der Waals surface area contributed by atoms with Gasteiger partial charge in [0, 0.05) is 17.0 Å². The van der Waals surface area contributed by atoms with Crippen LogP contribution in [0.25, 0.3) is 10.9 Å². The van der Waals surface area contributed by atoms with E-state index in [0.29, 0.717) is 0 Å². The van der Waals surface area contributed by atoms with Crippen LogP contribution < -0.4 is 5.32 Å². The summed E-state index contributed by atoms with van der Waals surface area (Å²) in [4.78, 5) is 0. The van der Waals surface area contributed by atoms with Crippen molar-refractivity contribution in [1.29, 1.82) is 0 Å². The van der Waals surface area contributed by atoms with Crippen LogP contribution in [-0.2, 0) is 13.0 Å². The molecule has 2 aromatic carbocycles. The zero-order chi connectivity index (χ0) is 13.8. The molecule has 0 aliphatic heterocycles. The van der Waals surface area contributed by atoms with Crippen molar-refractivity contribution in [3.8, 4) is 0 Å². The molecule has 0 radical (unpaired) electrons. The average molecular weight is 286 g/mol. The molecule has 0 unspecified atom stereocenters. The number of halogens is 1. The quantitative estimate of drug-likeness (QED) is 0.704. The number of hydrogen-bond acceptors (Lipinski definition) is 2. The number of rotatable bonds is 5. The van der Waals surface area contributed by atoms with Crippen LogP contribution in [0.15, 0.2) is 48.7 Å². The molecule has 0 atom stereocenters. The third kappa shape index (κ3) is 3.00. The second-order valence-corrected chi connectivity index (χ2v) is 5.22. The summed E-state index contributed by atoms with van der Waals surface area (Å²) >= 11 is 6.12. The van der Waals surface area contributed by atoms with Gasteiger partial charge in [0.2, 0.25) is 0 Å². The Morgan fingerprint density at radius 3 is 2.95 bits per heavy atom. The molecule has 0 saturated carbocycles. The van der Waals surface area contributed by atoms with Gasteiger partial charge in [0.15, 0.2) is 0 Å². The van der Waals surface area contributed by atoms with Crippen molar-refractivity contribution in [3.63, 3.8) is 0 Å². The van der Waals surface area contributed by atoms with E-state index in [1.807, 2.05) is 30.5 Å². The van der Waals surface area contributed by atoms with Gasteiger partial charge in [0.05, 0.1) is 11.7 Å². The van der Waals surface area contributed by atoms with Crippen molar-refractivity contribution in [2.45, 2.75) is 13.0 Å². The van der Waals surface area contributed by atoms with E-state index in [9.17, 15) is 0 Å². The van der Waals surface area contributed by atoms with Crippen LogP contribution in [0.2, 0.25) is 5.02 Å².